The van der Waals surface area contributed by atoms with Crippen LogP contribution in [0.15, 0.2) is 18.2 Å². The molecule has 0 saturated carbocycles. The van der Waals surface area contributed by atoms with Crippen LogP contribution in [0.2, 0.25) is 0 Å². The van der Waals surface area contributed by atoms with Gasteiger partial charge >= 0.3 is 0 Å². The maximum atomic E-state index is 6.30. The molecule has 1 unspecified atom stereocenters. The number of ether oxygens (including phenoxy) is 2. The van der Waals surface area contributed by atoms with Gasteiger partial charge in [0.2, 0.25) is 0 Å². The summed E-state index contributed by atoms with van der Waals surface area (Å²) in [6.45, 7) is 10.1. The van der Waals surface area contributed by atoms with Crippen molar-refractivity contribution in [1.82, 2.24) is 5.32 Å². The highest BCUT2D eigenvalue weighted by atomic mass is 16.5. The molecule has 18 heavy (non-hydrogen) atoms. The Balaban J connectivity index is 2.43. The molecule has 2 rings (SSSR count). The maximum Gasteiger partial charge on any atom is 0.125 e. The van der Waals surface area contributed by atoms with E-state index in [1.54, 1.807) is 7.11 Å². The van der Waals surface area contributed by atoms with Crippen LogP contribution in [0.1, 0.15) is 31.9 Å². The first-order valence-corrected chi connectivity index (χ1v) is 6.42. The zero-order valence-electron chi connectivity index (χ0n) is 12.0. The standard InChI is InChI=1S/C15H23NO2/c1-11-6-7-13(17-5)12(8-11)15(4)10-16-9-14(2,3)18-15/h6-8,16H,9-10H2,1-5H3. The number of rotatable bonds is 2. The number of hydrogen-bond donors (Lipinski definition) is 1. The fourth-order valence-electron chi connectivity index (χ4n) is 2.67. The van der Waals surface area contributed by atoms with Gasteiger partial charge in [-0.1, -0.05) is 11.6 Å². The van der Waals surface area contributed by atoms with E-state index in [4.69, 9.17) is 9.47 Å². The van der Waals surface area contributed by atoms with Gasteiger partial charge in [-0.15, -0.1) is 0 Å². The molecule has 1 aliphatic heterocycles. The molecular formula is C15H23NO2. The van der Waals surface area contributed by atoms with Crippen LogP contribution < -0.4 is 10.1 Å². The van der Waals surface area contributed by atoms with Crippen molar-refractivity contribution in [2.75, 3.05) is 20.2 Å². The van der Waals surface area contributed by atoms with E-state index in [0.29, 0.717) is 0 Å². The third-order valence-electron chi connectivity index (χ3n) is 3.44. The van der Waals surface area contributed by atoms with Gasteiger partial charge in [-0.25, -0.2) is 0 Å². The van der Waals surface area contributed by atoms with Crippen LogP contribution >= 0.6 is 0 Å². The van der Waals surface area contributed by atoms with Crippen molar-refractivity contribution < 1.29 is 9.47 Å². The Bertz CT molecular complexity index is 442. The van der Waals surface area contributed by atoms with E-state index in [9.17, 15) is 0 Å². The molecule has 0 amide bonds. The molecule has 0 aromatic heterocycles. The summed E-state index contributed by atoms with van der Waals surface area (Å²) in [5.41, 5.74) is 1.82. The Labute approximate surface area is 109 Å². The topological polar surface area (TPSA) is 30.5 Å². The Morgan fingerprint density at radius 3 is 2.56 bits per heavy atom. The Morgan fingerprint density at radius 2 is 1.94 bits per heavy atom. The molecule has 1 aliphatic rings. The molecule has 3 nitrogen and oxygen atoms in total. The third-order valence-corrected chi connectivity index (χ3v) is 3.44. The van der Waals surface area contributed by atoms with Crippen molar-refractivity contribution in [1.29, 1.82) is 0 Å². The van der Waals surface area contributed by atoms with E-state index in [0.717, 1.165) is 24.4 Å². The van der Waals surface area contributed by atoms with E-state index < -0.39 is 0 Å². The Hall–Kier alpha value is -1.06. The van der Waals surface area contributed by atoms with Crippen LogP contribution in [-0.2, 0) is 10.3 Å². The van der Waals surface area contributed by atoms with E-state index in [1.807, 2.05) is 6.07 Å². The Morgan fingerprint density at radius 1 is 1.22 bits per heavy atom. The smallest absolute Gasteiger partial charge is 0.125 e. The summed E-state index contributed by atoms with van der Waals surface area (Å²) in [6, 6.07) is 6.23. The predicted molar refractivity (Wildman–Crippen MR) is 73.1 cm³/mol. The second kappa shape index (κ2) is 4.56. The minimum absolute atomic E-state index is 0.165. The van der Waals surface area contributed by atoms with Gasteiger partial charge in [-0.2, -0.15) is 0 Å². The average Bonchev–Trinajstić information content (AvgIpc) is 2.27. The summed E-state index contributed by atoms with van der Waals surface area (Å²) in [7, 11) is 1.71. The summed E-state index contributed by atoms with van der Waals surface area (Å²) < 4.78 is 11.8. The molecule has 0 bridgehead atoms. The lowest BCUT2D eigenvalue weighted by Gasteiger charge is -2.44. The molecule has 1 fully saturated rings. The number of morpholine rings is 1. The molecule has 1 saturated heterocycles. The third kappa shape index (κ3) is 2.52. The second-order valence-electron chi connectivity index (χ2n) is 5.90. The van der Waals surface area contributed by atoms with Crippen LogP contribution in [0.3, 0.4) is 0 Å². The number of benzene rings is 1. The average molecular weight is 249 g/mol. The van der Waals surface area contributed by atoms with Crippen molar-refractivity contribution in [2.45, 2.75) is 38.9 Å². The minimum Gasteiger partial charge on any atom is -0.496 e. The zero-order chi connectivity index (χ0) is 13.4. The minimum atomic E-state index is -0.348. The van der Waals surface area contributed by atoms with Crippen LogP contribution in [0.4, 0.5) is 0 Å². The molecular weight excluding hydrogens is 226 g/mol. The molecule has 0 spiro atoms. The first kappa shape index (κ1) is 13.4. The molecule has 0 aliphatic carbocycles. The molecule has 0 radical (unpaired) electrons. The van der Waals surface area contributed by atoms with Gasteiger partial charge in [-0.3, -0.25) is 0 Å². The normalized spacial score (nSPS) is 26.9. The molecule has 3 heteroatoms. The summed E-state index contributed by atoms with van der Waals surface area (Å²) >= 11 is 0. The van der Waals surface area contributed by atoms with Gasteiger partial charge in [0.05, 0.1) is 12.7 Å². The fraction of sp³-hybridized carbons (Fsp3) is 0.600. The lowest BCUT2D eigenvalue weighted by molar-refractivity contribution is -0.158. The summed E-state index contributed by atoms with van der Waals surface area (Å²) in [4.78, 5) is 0. The van der Waals surface area contributed by atoms with E-state index in [2.05, 4.69) is 45.1 Å². The van der Waals surface area contributed by atoms with Crippen molar-refractivity contribution in [2.24, 2.45) is 0 Å². The molecule has 1 aromatic carbocycles. The van der Waals surface area contributed by atoms with Crippen LogP contribution in [0.25, 0.3) is 0 Å². The Kier molecular flexibility index (Phi) is 3.39. The van der Waals surface area contributed by atoms with Crippen LogP contribution in [0.5, 0.6) is 5.75 Å². The zero-order valence-corrected chi connectivity index (χ0v) is 12.0. The van der Waals surface area contributed by atoms with Crippen molar-refractivity contribution >= 4 is 0 Å². The summed E-state index contributed by atoms with van der Waals surface area (Å²) in [5.74, 6) is 0.891. The van der Waals surface area contributed by atoms with Crippen molar-refractivity contribution in [3.8, 4) is 5.75 Å². The molecule has 1 aromatic rings. The van der Waals surface area contributed by atoms with Gasteiger partial charge in [0.25, 0.3) is 0 Å². The second-order valence-corrected chi connectivity index (χ2v) is 5.90. The van der Waals surface area contributed by atoms with E-state index >= 15 is 0 Å². The molecule has 1 heterocycles. The van der Waals surface area contributed by atoms with Gasteiger partial charge in [-0.05, 0) is 39.8 Å². The van der Waals surface area contributed by atoms with Crippen LogP contribution in [-0.4, -0.2) is 25.8 Å². The van der Waals surface area contributed by atoms with Gasteiger partial charge < -0.3 is 14.8 Å². The molecule has 1 N–H and O–H groups in total. The van der Waals surface area contributed by atoms with E-state index in [1.165, 1.54) is 5.56 Å². The first-order chi connectivity index (χ1) is 8.36. The fourth-order valence-corrected chi connectivity index (χ4v) is 2.67. The van der Waals surface area contributed by atoms with E-state index in [-0.39, 0.29) is 11.2 Å². The first-order valence-electron chi connectivity index (χ1n) is 6.42. The number of methoxy groups -OCH3 is 1. The van der Waals surface area contributed by atoms with Crippen molar-refractivity contribution in [3.05, 3.63) is 29.3 Å². The van der Waals surface area contributed by atoms with Crippen molar-refractivity contribution in [3.63, 3.8) is 0 Å². The maximum absolute atomic E-state index is 6.30. The lowest BCUT2D eigenvalue weighted by Crippen LogP contribution is -2.55. The number of hydrogen-bond acceptors (Lipinski definition) is 3. The van der Waals surface area contributed by atoms with Crippen LogP contribution in [0, 0.1) is 6.92 Å². The molecule has 100 valence electrons. The highest BCUT2D eigenvalue weighted by Crippen LogP contribution is 2.38. The largest absolute Gasteiger partial charge is 0.496 e. The number of aryl methyl sites for hydroxylation is 1. The van der Waals surface area contributed by atoms with Gasteiger partial charge in [0.15, 0.2) is 0 Å². The predicted octanol–water partition coefficient (Wildman–Crippen LogP) is 2.62. The SMILES string of the molecule is COc1ccc(C)cc1C1(C)CNCC(C)(C)O1. The summed E-state index contributed by atoms with van der Waals surface area (Å²) in [6.07, 6.45) is 0. The number of nitrogens with one attached hydrogen (secondary N) is 1. The lowest BCUT2D eigenvalue weighted by atomic mass is 9.90. The molecule has 1 atom stereocenters. The highest BCUT2D eigenvalue weighted by Gasteiger charge is 2.40. The van der Waals surface area contributed by atoms with Gasteiger partial charge in [0.1, 0.15) is 11.4 Å². The monoisotopic (exact) mass is 249 g/mol. The quantitative estimate of drug-likeness (QED) is 0.874. The van der Waals surface area contributed by atoms with Gasteiger partial charge in [0, 0.05) is 18.7 Å². The summed E-state index contributed by atoms with van der Waals surface area (Å²) in [5, 5.41) is 3.45. The highest BCUT2D eigenvalue weighted by molar-refractivity contribution is 5.41.